The molecule has 88 valence electrons. The van der Waals surface area contributed by atoms with Gasteiger partial charge in [-0.05, 0) is 24.6 Å². The lowest BCUT2D eigenvalue weighted by Crippen LogP contribution is -1.95. The molecule has 0 radical (unpaired) electrons. The first kappa shape index (κ1) is 12.2. The number of H-pyrrole nitrogens is 1. The maximum Gasteiger partial charge on any atom is 0.141 e. The van der Waals surface area contributed by atoms with Crippen LogP contribution in [-0.2, 0) is 6.42 Å². The van der Waals surface area contributed by atoms with Crippen LogP contribution in [0.15, 0.2) is 24.5 Å². The number of aromatic amines is 1. The lowest BCUT2D eigenvalue weighted by Gasteiger charge is -2.08. The van der Waals surface area contributed by atoms with Gasteiger partial charge in [-0.15, -0.1) is 0 Å². The molecule has 0 aliphatic rings. The maximum absolute atomic E-state index is 13.1. The number of nitrogens with zero attached hydrogens (tertiary/aromatic N) is 1. The van der Waals surface area contributed by atoms with E-state index >= 15 is 0 Å². The fourth-order valence-electron chi connectivity index (χ4n) is 1.66. The van der Waals surface area contributed by atoms with E-state index in [0.717, 1.165) is 23.2 Å². The van der Waals surface area contributed by atoms with Crippen molar-refractivity contribution in [3.8, 4) is 11.3 Å². The zero-order valence-corrected chi connectivity index (χ0v) is 10.7. The third-order valence-electron chi connectivity index (χ3n) is 2.51. The van der Waals surface area contributed by atoms with Gasteiger partial charge in [0, 0.05) is 11.1 Å². The average Bonchev–Trinajstić information content (AvgIpc) is 2.32. The van der Waals surface area contributed by atoms with Gasteiger partial charge in [-0.3, -0.25) is 0 Å². The minimum atomic E-state index is -0.430. The topological polar surface area (TPSA) is 28.7 Å². The van der Waals surface area contributed by atoms with Crippen LogP contribution in [0.1, 0.15) is 12.5 Å². The Kier molecular flexibility index (Phi) is 3.54. The second kappa shape index (κ2) is 4.94. The van der Waals surface area contributed by atoms with E-state index in [4.69, 9.17) is 23.8 Å². The Bertz CT molecular complexity index is 610. The Morgan fingerprint density at radius 1 is 1.47 bits per heavy atom. The Balaban J connectivity index is 2.64. The Hall–Kier alpha value is -1.26. The van der Waals surface area contributed by atoms with Gasteiger partial charge < -0.3 is 4.98 Å². The Morgan fingerprint density at radius 2 is 2.24 bits per heavy atom. The van der Waals surface area contributed by atoms with Crippen molar-refractivity contribution in [2.24, 2.45) is 0 Å². The smallest absolute Gasteiger partial charge is 0.141 e. The van der Waals surface area contributed by atoms with E-state index in [1.165, 1.54) is 12.4 Å². The van der Waals surface area contributed by atoms with Gasteiger partial charge in [0.25, 0.3) is 0 Å². The summed E-state index contributed by atoms with van der Waals surface area (Å²) in [4.78, 5) is 7.06. The van der Waals surface area contributed by atoms with Crippen molar-refractivity contribution in [1.82, 2.24) is 9.97 Å². The van der Waals surface area contributed by atoms with E-state index in [1.54, 1.807) is 12.1 Å². The van der Waals surface area contributed by atoms with Crippen LogP contribution in [-0.4, -0.2) is 9.97 Å². The summed E-state index contributed by atoms with van der Waals surface area (Å²) in [5.74, 6) is -0.430. The predicted octanol–water partition coefficient (Wildman–Crippen LogP) is 4.16. The normalized spacial score (nSPS) is 10.5. The van der Waals surface area contributed by atoms with Gasteiger partial charge in [0.1, 0.15) is 10.5 Å². The summed E-state index contributed by atoms with van der Waals surface area (Å²) in [7, 11) is 0. The molecule has 0 aliphatic carbocycles. The van der Waals surface area contributed by atoms with Crippen LogP contribution in [0.4, 0.5) is 4.39 Å². The zero-order chi connectivity index (χ0) is 12.4. The van der Waals surface area contributed by atoms with Gasteiger partial charge in [0.2, 0.25) is 0 Å². The van der Waals surface area contributed by atoms with Crippen LogP contribution in [0.3, 0.4) is 0 Å². The summed E-state index contributed by atoms with van der Waals surface area (Å²) in [6.45, 7) is 2.00. The van der Waals surface area contributed by atoms with Crippen LogP contribution in [0.25, 0.3) is 11.3 Å². The largest absolute Gasteiger partial charge is 0.346 e. The zero-order valence-electron chi connectivity index (χ0n) is 9.13. The van der Waals surface area contributed by atoms with Gasteiger partial charge in [-0.25, -0.2) is 9.37 Å². The van der Waals surface area contributed by atoms with Crippen LogP contribution >= 0.6 is 23.8 Å². The highest BCUT2D eigenvalue weighted by molar-refractivity contribution is 7.71. The number of aromatic nitrogens is 2. The minimum absolute atomic E-state index is 0.0979. The predicted molar refractivity (Wildman–Crippen MR) is 69.2 cm³/mol. The molecule has 2 aromatic rings. The fraction of sp³-hybridized carbons (Fsp3) is 0.167. The number of hydrogen-bond acceptors (Lipinski definition) is 2. The molecule has 1 aromatic carbocycles. The lowest BCUT2D eigenvalue weighted by molar-refractivity contribution is 0.628. The molecule has 17 heavy (non-hydrogen) atoms. The van der Waals surface area contributed by atoms with E-state index in [9.17, 15) is 4.39 Å². The summed E-state index contributed by atoms with van der Waals surface area (Å²) in [5.41, 5.74) is 2.58. The first-order valence-electron chi connectivity index (χ1n) is 5.15. The molecule has 2 rings (SSSR count). The van der Waals surface area contributed by atoms with E-state index in [0.29, 0.717) is 4.64 Å². The molecule has 0 fully saturated rings. The van der Waals surface area contributed by atoms with Crippen LogP contribution in [0.2, 0.25) is 5.02 Å². The molecule has 0 saturated heterocycles. The highest BCUT2D eigenvalue weighted by Crippen LogP contribution is 2.26. The molecule has 0 amide bonds. The highest BCUT2D eigenvalue weighted by Gasteiger charge is 2.08. The van der Waals surface area contributed by atoms with Crippen molar-refractivity contribution in [3.63, 3.8) is 0 Å². The van der Waals surface area contributed by atoms with E-state index in [-0.39, 0.29) is 5.02 Å². The number of nitrogens with one attached hydrogen (secondary N) is 1. The van der Waals surface area contributed by atoms with Crippen molar-refractivity contribution in [3.05, 3.63) is 45.6 Å². The van der Waals surface area contributed by atoms with E-state index < -0.39 is 5.82 Å². The summed E-state index contributed by atoms with van der Waals surface area (Å²) in [6, 6.07) is 4.59. The first-order chi connectivity index (χ1) is 8.13. The van der Waals surface area contributed by atoms with Gasteiger partial charge in [-0.2, -0.15) is 0 Å². The molecule has 0 unspecified atom stereocenters. The van der Waals surface area contributed by atoms with Gasteiger partial charge >= 0.3 is 0 Å². The first-order valence-corrected chi connectivity index (χ1v) is 5.94. The molecule has 5 heteroatoms. The van der Waals surface area contributed by atoms with Crippen LogP contribution in [0.5, 0.6) is 0 Å². The molecule has 0 aliphatic heterocycles. The van der Waals surface area contributed by atoms with Crippen LogP contribution in [0, 0.1) is 10.5 Å². The molecule has 1 aromatic heterocycles. The SMILES string of the molecule is CCc1c(-c2ccc(F)c(Cl)c2)[nH]cnc1=S. The Labute approximate surface area is 108 Å². The third kappa shape index (κ3) is 2.37. The summed E-state index contributed by atoms with van der Waals surface area (Å²) < 4.78 is 13.7. The molecule has 0 spiro atoms. The summed E-state index contributed by atoms with van der Waals surface area (Å²) in [6.07, 6.45) is 2.29. The fourth-order valence-corrected chi connectivity index (χ4v) is 2.14. The molecule has 2 nitrogen and oxygen atoms in total. The van der Waals surface area contributed by atoms with E-state index in [2.05, 4.69) is 9.97 Å². The molecular weight excluding hydrogens is 259 g/mol. The molecule has 0 bridgehead atoms. The second-order valence-electron chi connectivity index (χ2n) is 3.54. The molecular formula is C12H10ClFN2S. The number of benzene rings is 1. The lowest BCUT2D eigenvalue weighted by atomic mass is 10.1. The van der Waals surface area contributed by atoms with Crippen molar-refractivity contribution in [2.75, 3.05) is 0 Å². The van der Waals surface area contributed by atoms with Crippen LogP contribution < -0.4 is 0 Å². The number of halogens is 2. The van der Waals surface area contributed by atoms with Crippen molar-refractivity contribution in [2.45, 2.75) is 13.3 Å². The number of rotatable bonds is 2. The third-order valence-corrected chi connectivity index (χ3v) is 3.15. The quantitative estimate of drug-likeness (QED) is 0.829. The number of hydrogen-bond donors (Lipinski definition) is 1. The molecule has 1 heterocycles. The standard InChI is InChI=1S/C12H10ClFN2S/c1-2-8-11(15-6-16-12(8)17)7-3-4-10(14)9(13)5-7/h3-6H,2H2,1H3,(H,15,16,17). The Morgan fingerprint density at radius 3 is 2.88 bits per heavy atom. The maximum atomic E-state index is 13.1. The highest BCUT2D eigenvalue weighted by atomic mass is 35.5. The summed E-state index contributed by atoms with van der Waals surface area (Å²) >= 11 is 10.9. The van der Waals surface area contributed by atoms with Gasteiger partial charge in [-0.1, -0.05) is 30.7 Å². The molecule has 0 saturated carbocycles. The minimum Gasteiger partial charge on any atom is -0.346 e. The molecule has 0 atom stereocenters. The van der Waals surface area contributed by atoms with Crippen molar-refractivity contribution >= 4 is 23.8 Å². The van der Waals surface area contributed by atoms with Gasteiger partial charge in [0.05, 0.1) is 17.0 Å². The average molecular weight is 269 g/mol. The molecule has 1 N–H and O–H groups in total. The summed E-state index contributed by atoms with van der Waals surface area (Å²) in [5, 5.41) is 0.0979. The van der Waals surface area contributed by atoms with Crippen molar-refractivity contribution < 1.29 is 4.39 Å². The van der Waals surface area contributed by atoms with Gasteiger partial charge in [0.15, 0.2) is 0 Å². The monoisotopic (exact) mass is 268 g/mol. The van der Waals surface area contributed by atoms with Crippen molar-refractivity contribution in [1.29, 1.82) is 0 Å². The second-order valence-corrected chi connectivity index (χ2v) is 4.34. The van der Waals surface area contributed by atoms with E-state index in [1.807, 2.05) is 6.92 Å².